The number of nitrogens with zero attached hydrogens (tertiary/aromatic N) is 2. The van der Waals surface area contributed by atoms with E-state index in [9.17, 15) is 18.0 Å². The summed E-state index contributed by atoms with van der Waals surface area (Å²) in [6, 6.07) is 17.5. The SMILES string of the molecule is CC[C@@H](C(=O)NCC(C)C)N(Cc1ccc(Cl)cc1)C(=O)CN(c1ccc(C)cc1)S(=O)(=O)c1ccc(OC)c(Br)c1. The van der Waals surface area contributed by atoms with E-state index in [1.807, 2.05) is 27.7 Å². The minimum absolute atomic E-state index is 0.0190. The van der Waals surface area contributed by atoms with Crippen LogP contribution in [0.2, 0.25) is 5.02 Å². The number of sulfonamides is 1. The molecular formula is C31H37BrClN3O5S. The molecule has 0 heterocycles. The van der Waals surface area contributed by atoms with Crippen molar-refractivity contribution in [3.8, 4) is 5.75 Å². The molecule has 0 aliphatic carbocycles. The molecule has 226 valence electrons. The summed E-state index contributed by atoms with van der Waals surface area (Å²) >= 11 is 9.44. The molecule has 0 aliphatic heterocycles. The van der Waals surface area contributed by atoms with Crippen molar-refractivity contribution in [3.63, 3.8) is 0 Å². The Kier molecular flexibility index (Phi) is 11.8. The molecule has 0 aliphatic rings. The van der Waals surface area contributed by atoms with Crippen LogP contribution in [0.25, 0.3) is 0 Å². The number of carbonyl (C=O) groups is 2. The van der Waals surface area contributed by atoms with Crippen molar-refractivity contribution in [1.82, 2.24) is 10.2 Å². The second-order valence-electron chi connectivity index (χ2n) is 10.4. The quantitative estimate of drug-likeness (QED) is 0.233. The average molecular weight is 679 g/mol. The number of ether oxygens (including phenoxy) is 1. The molecule has 0 spiro atoms. The highest BCUT2D eigenvalue weighted by Crippen LogP contribution is 2.31. The van der Waals surface area contributed by atoms with Gasteiger partial charge in [0.25, 0.3) is 10.0 Å². The van der Waals surface area contributed by atoms with Gasteiger partial charge in [-0.05, 0) is 83.2 Å². The van der Waals surface area contributed by atoms with Crippen LogP contribution < -0.4 is 14.4 Å². The fourth-order valence-electron chi connectivity index (χ4n) is 4.30. The van der Waals surface area contributed by atoms with Gasteiger partial charge in [0.15, 0.2) is 0 Å². The van der Waals surface area contributed by atoms with Crippen LogP contribution in [0.3, 0.4) is 0 Å². The predicted octanol–water partition coefficient (Wildman–Crippen LogP) is 6.19. The summed E-state index contributed by atoms with van der Waals surface area (Å²) in [5.41, 5.74) is 2.02. The molecule has 0 bridgehead atoms. The molecule has 0 unspecified atom stereocenters. The summed E-state index contributed by atoms with van der Waals surface area (Å²) in [5, 5.41) is 3.47. The number of rotatable bonds is 13. The number of aryl methyl sites for hydroxylation is 1. The molecular weight excluding hydrogens is 642 g/mol. The Bertz CT molecular complexity index is 1480. The van der Waals surface area contributed by atoms with Gasteiger partial charge in [-0.15, -0.1) is 0 Å². The maximum atomic E-state index is 14.1. The number of amides is 2. The van der Waals surface area contributed by atoms with Crippen molar-refractivity contribution in [1.29, 1.82) is 0 Å². The van der Waals surface area contributed by atoms with Gasteiger partial charge in [-0.1, -0.05) is 62.2 Å². The Morgan fingerprint density at radius 3 is 2.21 bits per heavy atom. The van der Waals surface area contributed by atoms with Crippen LogP contribution in [0.4, 0.5) is 5.69 Å². The maximum absolute atomic E-state index is 14.1. The summed E-state index contributed by atoms with van der Waals surface area (Å²) in [5.74, 6) is -0.123. The molecule has 0 radical (unpaired) electrons. The first-order valence-corrected chi connectivity index (χ1v) is 16.2. The highest BCUT2D eigenvalue weighted by atomic mass is 79.9. The third-order valence-corrected chi connectivity index (χ3v) is 9.29. The summed E-state index contributed by atoms with van der Waals surface area (Å²) in [4.78, 5) is 28.9. The van der Waals surface area contributed by atoms with Crippen LogP contribution in [0.5, 0.6) is 5.75 Å². The van der Waals surface area contributed by atoms with Crippen molar-refractivity contribution in [2.45, 2.75) is 51.6 Å². The average Bonchev–Trinajstić information content (AvgIpc) is 2.96. The number of nitrogens with one attached hydrogen (secondary N) is 1. The van der Waals surface area contributed by atoms with E-state index in [-0.39, 0.29) is 23.3 Å². The Balaban J connectivity index is 2.06. The summed E-state index contributed by atoms with van der Waals surface area (Å²) in [6.45, 7) is 7.72. The van der Waals surface area contributed by atoms with Crippen molar-refractivity contribution < 1.29 is 22.7 Å². The third-order valence-electron chi connectivity index (χ3n) is 6.65. The van der Waals surface area contributed by atoms with Gasteiger partial charge in [-0.3, -0.25) is 13.9 Å². The molecule has 0 saturated heterocycles. The zero-order chi connectivity index (χ0) is 31.0. The van der Waals surface area contributed by atoms with Crippen molar-refractivity contribution in [3.05, 3.63) is 87.4 Å². The van der Waals surface area contributed by atoms with Gasteiger partial charge in [0.1, 0.15) is 18.3 Å². The zero-order valence-electron chi connectivity index (χ0n) is 24.4. The van der Waals surface area contributed by atoms with Gasteiger partial charge >= 0.3 is 0 Å². The van der Waals surface area contributed by atoms with Gasteiger partial charge in [0, 0.05) is 18.1 Å². The van der Waals surface area contributed by atoms with Gasteiger partial charge < -0.3 is 15.0 Å². The summed E-state index contributed by atoms with van der Waals surface area (Å²) < 4.78 is 34.9. The smallest absolute Gasteiger partial charge is 0.264 e. The molecule has 3 aromatic rings. The lowest BCUT2D eigenvalue weighted by Crippen LogP contribution is -2.52. The highest BCUT2D eigenvalue weighted by Gasteiger charge is 2.34. The standard InChI is InChI=1S/C31H37BrClN3O5S/c1-6-28(31(38)34-18-21(2)3)35(19-23-9-11-24(33)12-10-23)30(37)20-36(25-13-7-22(4)8-14-25)42(39,40)26-15-16-29(41-5)27(32)17-26/h7-17,21,28H,6,18-20H2,1-5H3,(H,34,38)/t28-/m0/s1. The van der Waals surface area contributed by atoms with Gasteiger partial charge in [0.2, 0.25) is 11.8 Å². The van der Waals surface area contributed by atoms with E-state index >= 15 is 0 Å². The number of anilines is 1. The first kappa shape index (κ1) is 33.4. The molecule has 1 atom stereocenters. The van der Waals surface area contributed by atoms with Crippen LogP contribution in [-0.4, -0.2) is 51.4 Å². The van der Waals surface area contributed by atoms with E-state index < -0.39 is 28.5 Å². The Labute approximate surface area is 262 Å². The number of hydrogen-bond acceptors (Lipinski definition) is 5. The van der Waals surface area contributed by atoms with E-state index in [2.05, 4.69) is 21.2 Å². The fraction of sp³-hybridized carbons (Fsp3) is 0.355. The van der Waals surface area contributed by atoms with Crippen molar-refractivity contribution in [2.24, 2.45) is 5.92 Å². The number of carbonyl (C=O) groups excluding carboxylic acids is 2. The van der Waals surface area contributed by atoms with Crippen LogP contribution >= 0.6 is 27.5 Å². The second kappa shape index (κ2) is 14.9. The second-order valence-corrected chi connectivity index (χ2v) is 13.5. The molecule has 0 aromatic heterocycles. The third kappa shape index (κ3) is 8.49. The van der Waals surface area contributed by atoms with Crippen molar-refractivity contribution in [2.75, 3.05) is 24.5 Å². The lowest BCUT2D eigenvalue weighted by Gasteiger charge is -2.33. The minimum Gasteiger partial charge on any atom is -0.496 e. The van der Waals surface area contributed by atoms with E-state index in [1.54, 1.807) is 54.6 Å². The van der Waals surface area contributed by atoms with Crippen molar-refractivity contribution >= 4 is 55.1 Å². The predicted molar refractivity (Wildman–Crippen MR) is 170 cm³/mol. The van der Waals surface area contributed by atoms with E-state index in [1.165, 1.54) is 24.1 Å². The van der Waals surface area contributed by atoms with E-state index in [0.29, 0.717) is 33.9 Å². The highest BCUT2D eigenvalue weighted by molar-refractivity contribution is 9.10. The van der Waals surface area contributed by atoms with Gasteiger partial charge in [-0.2, -0.15) is 0 Å². The van der Waals surface area contributed by atoms with Gasteiger partial charge in [0.05, 0.1) is 22.2 Å². The maximum Gasteiger partial charge on any atom is 0.264 e. The van der Waals surface area contributed by atoms with Crippen LogP contribution in [0.15, 0.2) is 76.1 Å². The Morgan fingerprint density at radius 1 is 1.02 bits per heavy atom. The summed E-state index contributed by atoms with van der Waals surface area (Å²) in [7, 11) is -2.72. The minimum atomic E-state index is -4.21. The molecule has 42 heavy (non-hydrogen) atoms. The number of methoxy groups -OCH3 is 1. The lowest BCUT2D eigenvalue weighted by molar-refractivity contribution is -0.140. The largest absolute Gasteiger partial charge is 0.496 e. The lowest BCUT2D eigenvalue weighted by atomic mass is 10.1. The number of hydrogen-bond donors (Lipinski definition) is 1. The topological polar surface area (TPSA) is 96.0 Å². The molecule has 2 amide bonds. The molecule has 0 saturated carbocycles. The Hall–Kier alpha value is -3.08. The molecule has 3 rings (SSSR count). The Morgan fingerprint density at radius 2 is 1.67 bits per heavy atom. The van der Waals surface area contributed by atoms with E-state index in [4.69, 9.17) is 16.3 Å². The van der Waals surface area contributed by atoms with Crippen LogP contribution in [0.1, 0.15) is 38.3 Å². The molecule has 8 nitrogen and oxygen atoms in total. The number of halogens is 2. The van der Waals surface area contributed by atoms with Gasteiger partial charge in [-0.25, -0.2) is 8.42 Å². The summed E-state index contributed by atoms with van der Waals surface area (Å²) in [6.07, 6.45) is 0.339. The fourth-order valence-corrected chi connectivity index (χ4v) is 6.56. The zero-order valence-corrected chi connectivity index (χ0v) is 27.6. The van der Waals surface area contributed by atoms with Crippen LogP contribution in [-0.2, 0) is 26.2 Å². The molecule has 3 aromatic carbocycles. The molecule has 11 heteroatoms. The first-order valence-electron chi connectivity index (χ1n) is 13.6. The van der Waals surface area contributed by atoms with E-state index in [0.717, 1.165) is 15.4 Å². The monoisotopic (exact) mass is 677 g/mol. The molecule has 1 N–H and O–H groups in total. The molecule has 0 fully saturated rings. The first-order chi connectivity index (χ1) is 19.9. The number of benzene rings is 3. The normalized spacial score (nSPS) is 12.1. The van der Waals surface area contributed by atoms with Crippen LogP contribution in [0, 0.1) is 12.8 Å².